The highest BCUT2D eigenvalue weighted by Gasteiger charge is 2.21. The molecule has 0 atom stereocenters. The van der Waals surface area contributed by atoms with Crippen LogP contribution in [0.25, 0.3) is 0 Å². The normalized spacial score (nSPS) is 11.0. The molecule has 1 amide bonds. The quantitative estimate of drug-likeness (QED) is 0.735. The van der Waals surface area contributed by atoms with Crippen LogP contribution in [0.4, 0.5) is 11.4 Å². The van der Waals surface area contributed by atoms with Crippen LogP contribution in [0.1, 0.15) is 0 Å². The van der Waals surface area contributed by atoms with Crippen molar-refractivity contribution in [3.05, 3.63) is 52.0 Å². The molecule has 25 heavy (non-hydrogen) atoms. The van der Waals surface area contributed by atoms with Gasteiger partial charge in [-0.05, 0) is 46.3 Å². The number of sulfonamides is 1. The van der Waals surface area contributed by atoms with E-state index >= 15 is 0 Å². The third-order valence-corrected chi connectivity index (χ3v) is 5.61. The lowest BCUT2D eigenvalue weighted by molar-refractivity contribution is -0.114. The Morgan fingerprint density at radius 2 is 2.00 bits per heavy atom. The Labute approximate surface area is 159 Å². The fraction of sp³-hybridized carbons (Fsp3) is 0.188. The van der Waals surface area contributed by atoms with Crippen molar-refractivity contribution in [2.75, 3.05) is 29.5 Å². The van der Waals surface area contributed by atoms with Crippen molar-refractivity contribution < 1.29 is 17.9 Å². The summed E-state index contributed by atoms with van der Waals surface area (Å²) in [4.78, 5) is 12.3. The highest BCUT2D eigenvalue weighted by atomic mass is 79.9. The van der Waals surface area contributed by atoms with Crippen LogP contribution in [0.5, 0.6) is 5.75 Å². The van der Waals surface area contributed by atoms with E-state index in [1.807, 2.05) is 0 Å². The maximum atomic E-state index is 12.3. The number of methoxy groups -OCH3 is 1. The number of ether oxygens (including phenoxy) is 1. The van der Waals surface area contributed by atoms with E-state index in [0.717, 1.165) is 10.6 Å². The van der Waals surface area contributed by atoms with Crippen LogP contribution in [0, 0.1) is 0 Å². The van der Waals surface area contributed by atoms with E-state index in [1.54, 1.807) is 42.5 Å². The SMILES string of the molecule is COc1cccc(N(CC(=O)Nc2ccc(Br)c(Cl)c2)S(C)(=O)=O)c1. The Bertz CT molecular complexity index is 889. The van der Waals surface area contributed by atoms with Crippen LogP contribution >= 0.6 is 27.5 Å². The predicted molar refractivity (Wildman–Crippen MR) is 103 cm³/mol. The lowest BCUT2D eigenvalue weighted by Gasteiger charge is -2.22. The summed E-state index contributed by atoms with van der Waals surface area (Å²) in [6.07, 6.45) is 1.04. The zero-order chi connectivity index (χ0) is 18.6. The second-order valence-corrected chi connectivity index (χ2v) is 8.32. The number of anilines is 2. The molecule has 0 aliphatic carbocycles. The summed E-state index contributed by atoms with van der Waals surface area (Å²) in [7, 11) is -2.18. The molecule has 2 aromatic carbocycles. The predicted octanol–water partition coefficient (Wildman–Crippen LogP) is 3.52. The second-order valence-electron chi connectivity index (χ2n) is 5.15. The monoisotopic (exact) mass is 446 g/mol. The summed E-state index contributed by atoms with van der Waals surface area (Å²) < 4.78 is 31.0. The smallest absolute Gasteiger partial charge is 0.245 e. The van der Waals surface area contributed by atoms with Crippen molar-refractivity contribution in [1.82, 2.24) is 0 Å². The van der Waals surface area contributed by atoms with Crippen LogP contribution in [-0.4, -0.2) is 34.2 Å². The van der Waals surface area contributed by atoms with Gasteiger partial charge < -0.3 is 10.1 Å². The van der Waals surface area contributed by atoms with Crippen molar-refractivity contribution in [1.29, 1.82) is 0 Å². The number of benzene rings is 2. The highest BCUT2D eigenvalue weighted by Crippen LogP contribution is 2.26. The second kappa shape index (κ2) is 8.07. The summed E-state index contributed by atoms with van der Waals surface area (Å²) in [5.41, 5.74) is 0.808. The molecule has 0 spiro atoms. The molecule has 0 bridgehead atoms. The first-order chi connectivity index (χ1) is 11.7. The van der Waals surface area contributed by atoms with Crippen LogP contribution in [0.2, 0.25) is 5.02 Å². The number of rotatable bonds is 6. The lowest BCUT2D eigenvalue weighted by atomic mass is 10.3. The van der Waals surface area contributed by atoms with Gasteiger partial charge in [-0.2, -0.15) is 0 Å². The number of halogens is 2. The van der Waals surface area contributed by atoms with Gasteiger partial charge >= 0.3 is 0 Å². The Balaban J connectivity index is 2.22. The Kier molecular flexibility index (Phi) is 6.31. The van der Waals surface area contributed by atoms with E-state index in [2.05, 4.69) is 21.2 Å². The number of hydrogen-bond acceptors (Lipinski definition) is 4. The zero-order valence-corrected chi connectivity index (χ0v) is 16.7. The van der Waals surface area contributed by atoms with Gasteiger partial charge in [0.15, 0.2) is 0 Å². The molecule has 0 heterocycles. The molecular formula is C16H16BrClN2O4S. The molecule has 2 rings (SSSR count). The fourth-order valence-electron chi connectivity index (χ4n) is 2.07. The molecule has 9 heteroatoms. The van der Waals surface area contributed by atoms with Gasteiger partial charge in [-0.1, -0.05) is 17.7 Å². The third-order valence-electron chi connectivity index (χ3n) is 3.23. The lowest BCUT2D eigenvalue weighted by Crippen LogP contribution is -2.37. The minimum atomic E-state index is -3.66. The van der Waals surface area contributed by atoms with Gasteiger partial charge in [0.05, 0.1) is 24.1 Å². The highest BCUT2D eigenvalue weighted by molar-refractivity contribution is 9.10. The Morgan fingerprint density at radius 3 is 2.60 bits per heavy atom. The maximum Gasteiger partial charge on any atom is 0.245 e. The molecule has 0 aliphatic heterocycles. The van der Waals surface area contributed by atoms with E-state index in [1.165, 1.54) is 7.11 Å². The summed E-state index contributed by atoms with van der Waals surface area (Å²) in [6.45, 7) is -0.375. The van der Waals surface area contributed by atoms with Crippen molar-refractivity contribution in [3.63, 3.8) is 0 Å². The summed E-state index contributed by atoms with van der Waals surface area (Å²) >= 11 is 9.25. The van der Waals surface area contributed by atoms with Crippen molar-refractivity contribution in [2.24, 2.45) is 0 Å². The number of carbonyl (C=O) groups is 1. The van der Waals surface area contributed by atoms with E-state index in [-0.39, 0.29) is 6.54 Å². The van der Waals surface area contributed by atoms with E-state index in [4.69, 9.17) is 16.3 Å². The fourth-order valence-corrected chi connectivity index (χ4v) is 3.35. The van der Waals surface area contributed by atoms with Crippen LogP contribution in [-0.2, 0) is 14.8 Å². The minimum Gasteiger partial charge on any atom is -0.497 e. The van der Waals surface area contributed by atoms with Crippen molar-refractivity contribution >= 4 is 54.8 Å². The standard InChI is InChI=1S/C16H16BrClN2O4S/c1-24-13-5-3-4-12(9-13)20(25(2,22)23)10-16(21)19-11-6-7-14(17)15(18)8-11/h3-9H,10H2,1-2H3,(H,19,21). The molecule has 1 N–H and O–H groups in total. The van der Waals surface area contributed by atoms with Crippen molar-refractivity contribution in [2.45, 2.75) is 0 Å². The Morgan fingerprint density at radius 1 is 1.28 bits per heavy atom. The van der Waals surface area contributed by atoms with Gasteiger partial charge in [0.2, 0.25) is 15.9 Å². The van der Waals surface area contributed by atoms with Gasteiger partial charge in [-0.3, -0.25) is 9.10 Å². The topological polar surface area (TPSA) is 75.7 Å². The van der Waals surface area contributed by atoms with Crippen molar-refractivity contribution in [3.8, 4) is 5.75 Å². The van der Waals surface area contributed by atoms with Gasteiger partial charge in [-0.15, -0.1) is 0 Å². The Hall–Kier alpha value is -1.77. The van der Waals surface area contributed by atoms with E-state index < -0.39 is 15.9 Å². The third kappa shape index (κ3) is 5.35. The van der Waals surface area contributed by atoms with Crippen LogP contribution < -0.4 is 14.4 Å². The zero-order valence-electron chi connectivity index (χ0n) is 13.5. The summed E-state index contributed by atoms with van der Waals surface area (Å²) in [6, 6.07) is 11.4. The maximum absolute atomic E-state index is 12.3. The van der Waals surface area contributed by atoms with Crippen LogP contribution in [0.15, 0.2) is 46.9 Å². The van der Waals surface area contributed by atoms with E-state index in [9.17, 15) is 13.2 Å². The molecule has 2 aromatic rings. The first-order valence-corrected chi connectivity index (χ1v) is 10.1. The number of nitrogens with one attached hydrogen (secondary N) is 1. The van der Waals surface area contributed by atoms with Gasteiger partial charge in [0.1, 0.15) is 12.3 Å². The van der Waals surface area contributed by atoms with E-state index in [0.29, 0.717) is 26.6 Å². The molecule has 0 radical (unpaired) electrons. The average Bonchev–Trinajstić information content (AvgIpc) is 2.55. The van der Waals surface area contributed by atoms with Gasteiger partial charge in [0.25, 0.3) is 0 Å². The van der Waals surface area contributed by atoms with Crippen LogP contribution in [0.3, 0.4) is 0 Å². The number of carbonyl (C=O) groups excluding carboxylic acids is 1. The molecule has 0 fully saturated rings. The summed E-state index contributed by atoms with van der Waals surface area (Å²) in [5.74, 6) is -0.00196. The van der Waals surface area contributed by atoms with Gasteiger partial charge in [0, 0.05) is 16.2 Å². The number of hydrogen-bond donors (Lipinski definition) is 1. The molecule has 0 aliphatic rings. The first kappa shape index (κ1) is 19.6. The first-order valence-electron chi connectivity index (χ1n) is 7.07. The molecule has 6 nitrogen and oxygen atoms in total. The number of amides is 1. The molecule has 0 saturated carbocycles. The largest absolute Gasteiger partial charge is 0.497 e. The minimum absolute atomic E-state index is 0.339. The number of nitrogens with zero attached hydrogens (tertiary/aromatic N) is 1. The average molecular weight is 448 g/mol. The molecule has 0 aromatic heterocycles. The molecule has 0 unspecified atom stereocenters. The molecule has 0 saturated heterocycles. The van der Waals surface area contributed by atoms with Gasteiger partial charge in [-0.25, -0.2) is 8.42 Å². The molecule has 134 valence electrons. The molecular weight excluding hydrogens is 432 g/mol. The summed E-state index contributed by atoms with van der Waals surface area (Å²) in [5, 5.41) is 3.07.